The number of esters is 1. The standard InChI is InChI=1S/C13H18N2O3/c1-3-18-12(16)8-7-10-5-4-6-11(9(10)2)13(14)15-17/h4-6,17H,3,7-8H2,1-2H3,(H2,14,15). The van der Waals surface area contributed by atoms with Gasteiger partial charge < -0.3 is 15.7 Å². The predicted molar refractivity (Wildman–Crippen MR) is 68.6 cm³/mol. The first kappa shape index (κ1) is 14.0. The lowest BCUT2D eigenvalue weighted by Crippen LogP contribution is -2.15. The van der Waals surface area contributed by atoms with E-state index in [9.17, 15) is 4.79 Å². The number of nitrogens with two attached hydrogens (primary N) is 1. The molecule has 1 rings (SSSR count). The third-order valence-corrected chi connectivity index (χ3v) is 2.73. The topological polar surface area (TPSA) is 84.9 Å². The first-order valence-electron chi connectivity index (χ1n) is 5.82. The summed E-state index contributed by atoms with van der Waals surface area (Å²) in [5.74, 6) is -0.142. The molecule has 5 heteroatoms. The summed E-state index contributed by atoms with van der Waals surface area (Å²) >= 11 is 0. The molecule has 0 heterocycles. The van der Waals surface area contributed by atoms with Gasteiger partial charge in [-0.1, -0.05) is 23.4 Å². The molecule has 0 unspecified atom stereocenters. The summed E-state index contributed by atoms with van der Waals surface area (Å²) in [6, 6.07) is 5.52. The Morgan fingerprint density at radius 3 is 2.83 bits per heavy atom. The van der Waals surface area contributed by atoms with Crippen molar-refractivity contribution in [3.63, 3.8) is 0 Å². The second-order valence-corrected chi connectivity index (χ2v) is 3.88. The zero-order valence-corrected chi connectivity index (χ0v) is 10.6. The van der Waals surface area contributed by atoms with Crippen molar-refractivity contribution in [2.45, 2.75) is 26.7 Å². The van der Waals surface area contributed by atoms with Crippen molar-refractivity contribution in [3.8, 4) is 0 Å². The molecule has 0 amide bonds. The van der Waals surface area contributed by atoms with E-state index >= 15 is 0 Å². The Hall–Kier alpha value is -2.04. The summed E-state index contributed by atoms with van der Waals surface area (Å²) in [6.45, 7) is 4.05. The van der Waals surface area contributed by atoms with Crippen LogP contribution in [0.1, 0.15) is 30.0 Å². The smallest absolute Gasteiger partial charge is 0.306 e. The van der Waals surface area contributed by atoms with Gasteiger partial charge in [0.25, 0.3) is 0 Å². The van der Waals surface area contributed by atoms with Crippen LogP contribution in [0, 0.1) is 6.92 Å². The number of rotatable bonds is 5. The summed E-state index contributed by atoms with van der Waals surface area (Å²) in [7, 11) is 0. The first-order chi connectivity index (χ1) is 8.60. The van der Waals surface area contributed by atoms with E-state index in [0.717, 1.165) is 11.1 Å². The first-order valence-corrected chi connectivity index (χ1v) is 5.82. The maximum absolute atomic E-state index is 11.3. The Labute approximate surface area is 106 Å². The fourth-order valence-corrected chi connectivity index (χ4v) is 1.76. The second-order valence-electron chi connectivity index (χ2n) is 3.88. The maximum atomic E-state index is 11.3. The molecule has 1 aromatic rings. The number of hydrogen-bond acceptors (Lipinski definition) is 4. The summed E-state index contributed by atoms with van der Waals surface area (Å²) in [4.78, 5) is 11.3. The Bertz CT molecular complexity index is 456. The molecule has 0 aliphatic rings. The molecule has 18 heavy (non-hydrogen) atoms. The molecule has 0 radical (unpaired) electrons. The van der Waals surface area contributed by atoms with Crippen LogP contribution in [0.2, 0.25) is 0 Å². The maximum Gasteiger partial charge on any atom is 0.306 e. The SMILES string of the molecule is CCOC(=O)CCc1cccc(/C(N)=N/O)c1C. The highest BCUT2D eigenvalue weighted by Gasteiger charge is 2.09. The van der Waals surface area contributed by atoms with Crippen molar-refractivity contribution in [3.05, 3.63) is 34.9 Å². The Morgan fingerprint density at radius 1 is 1.50 bits per heavy atom. The van der Waals surface area contributed by atoms with Crippen LogP contribution >= 0.6 is 0 Å². The number of benzene rings is 1. The average molecular weight is 250 g/mol. The largest absolute Gasteiger partial charge is 0.466 e. The molecule has 0 bridgehead atoms. The van der Waals surface area contributed by atoms with Crippen molar-refractivity contribution in [1.29, 1.82) is 0 Å². The molecule has 0 aromatic heterocycles. The van der Waals surface area contributed by atoms with Gasteiger partial charge in [0, 0.05) is 12.0 Å². The van der Waals surface area contributed by atoms with Gasteiger partial charge in [-0.15, -0.1) is 0 Å². The lowest BCUT2D eigenvalue weighted by molar-refractivity contribution is -0.143. The minimum atomic E-state index is -0.217. The monoisotopic (exact) mass is 250 g/mol. The summed E-state index contributed by atoms with van der Waals surface area (Å²) in [6.07, 6.45) is 0.908. The van der Waals surface area contributed by atoms with E-state index < -0.39 is 0 Å². The van der Waals surface area contributed by atoms with Crippen LogP contribution in [0.5, 0.6) is 0 Å². The van der Waals surface area contributed by atoms with E-state index in [2.05, 4.69) is 5.16 Å². The van der Waals surface area contributed by atoms with E-state index in [0.29, 0.717) is 25.0 Å². The molecule has 3 N–H and O–H groups in total. The van der Waals surface area contributed by atoms with Crippen LogP contribution in [0.25, 0.3) is 0 Å². The molecule has 0 aliphatic carbocycles. The molecule has 0 aliphatic heterocycles. The van der Waals surface area contributed by atoms with E-state index in [1.54, 1.807) is 13.0 Å². The number of ether oxygens (including phenoxy) is 1. The minimum absolute atomic E-state index is 0.0745. The highest BCUT2D eigenvalue weighted by Crippen LogP contribution is 2.15. The third-order valence-electron chi connectivity index (χ3n) is 2.73. The van der Waals surface area contributed by atoms with Gasteiger partial charge in [0.05, 0.1) is 6.61 Å². The Morgan fingerprint density at radius 2 is 2.22 bits per heavy atom. The van der Waals surface area contributed by atoms with Gasteiger partial charge in [-0.3, -0.25) is 4.79 Å². The number of oxime groups is 1. The fraction of sp³-hybridized carbons (Fsp3) is 0.385. The zero-order valence-electron chi connectivity index (χ0n) is 10.6. The van der Waals surface area contributed by atoms with Crippen LogP contribution in [0.4, 0.5) is 0 Å². The van der Waals surface area contributed by atoms with E-state index in [1.807, 2.05) is 19.1 Å². The lowest BCUT2D eigenvalue weighted by atomic mass is 9.98. The van der Waals surface area contributed by atoms with Crippen LogP contribution in [0.3, 0.4) is 0 Å². The molecule has 0 saturated heterocycles. The molecular formula is C13H18N2O3. The number of carbonyl (C=O) groups excluding carboxylic acids is 1. The minimum Gasteiger partial charge on any atom is -0.466 e. The summed E-state index contributed by atoms with van der Waals surface area (Å²) in [5.41, 5.74) is 8.16. The molecule has 0 saturated carbocycles. The van der Waals surface area contributed by atoms with Crippen molar-refractivity contribution >= 4 is 11.8 Å². The third kappa shape index (κ3) is 3.48. The van der Waals surface area contributed by atoms with Crippen molar-refractivity contribution in [1.82, 2.24) is 0 Å². The number of carbonyl (C=O) groups is 1. The highest BCUT2D eigenvalue weighted by molar-refractivity contribution is 5.98. The van der Waals surface area contributed by atoms with Crippen molar-refractivity contribution < 1.29 is 14.7 Å². The molecule has 98 valence electrons. The highest BCUT2D eigenvalue weighted by atomic mass is 16.5. The van der Waals surface area contributed by atoms with Gasteiger partial charge in [-0.25, -0.2) is 0 Å². The predicted octanol–water partition coefficient (Wildman–Crippen LogP) is 1.59. The van der Waals surface area contributed by atoms with Crippen molar-refractivity contribution in [2.75, 3.05) is 6.61 Å². The van der Waals surface area contributed by atoms with Gasteiger partial charge in [-0.05, 0) is 31.4 Å². The molecule has 5 nitrogen and oxygen atoms in total. The number of hydrogen-bond donors (Lipinski definition) is 2. The van der Waals surface area contributed by atoms with Crippen LogP contribution in [-0.2, 0) is 16.0 Å². The van der Waals surface area contributed by atoms with Crippen molar-refractivity contribution in [2.24, 2.45) is 10.9 Å². The number of nitrogens with zero attached hydrogens (tertiary/aromatic N) is 1. The number of aryl methyl sites for hydroxylation is 1. The molecule has 0 atom stereocenters. The lowest BCUT2D eigenvalue weighted by Gasteiger charge is -2.10. The Balaban J connectivity index is 2.81. The van der Waals surface area contributed by atoms with E-state index in [1.165, 1.54) is 0 Å². The quantitative estimate of drug-likeness (QED) is 0.273. The van der Waals surface area contributed by atoms with Gasteiger partial charge >= 0.3 is 5.97 Å². The van der Waals surface area contributed by atoms with Gasteiger partial charge in [0.1, 0.15) is 0 Å². The van der Waals surface area contributed by atoms with Gasteiger partial charge in [-0.2, -0.15) is 0 Å². The van der Waals surface area contributed by atoms with Crippen LogP contribution < -0.4 is 5.73 Å². The van der Waals surface area contributed by atoms with E-state index in [-0.39, 0.29) is 11.8 Å². The molecule has 0 fully saturated rings. The second kappa shape index (κ2) is 6.64. The normalized spacial score (nSPS) is 11.3. The molecule has 0 spiro atoms. The van der Waals surface area contributed by atoms with E-state index in [4.69, 9.17) is 15.7 Å². The van der Waals surface area contributed by atoms with Crippen LogP contribution in [0.15, 0.2) is 23.4 Å². The zero-order chi connectivity index (χ0) is 13.5. The summed E-state index contributed by atoms with van der Waals surface area (Å²) < 4.78 is 4.87. The molecule has 1 aromatic carbocycles. The van der Waals surface area contributed by atoms with Gasteiger partial charge in [0.2, 0.25) is 0 Å². The fourth-order valence-electron chi connectivity index (χ4n) is 1.76. The average Bonchev–Trinajstić information content (AvgIpc) is 2.37. The number of amidine groups is 1. The van der Waals surface area contributed by atoms with Gasteiger partial charge in [0.15, 0.2) is 5.84 Å². The summed E-state index contributed by atoms with van der Waals surface area (Å²) in [5, 5.41) is 11.7. The molecular weight excluding hydrogens is 232 g/mol. The van der Waals surface area contributed by atoms with Crippen LogP contribution in [-0.4, -0.2) is 23.6 Å². The Kier molecular flexibility index (Phi) is 5.17.